The minimum absolute atomic E-state index is 0.738. The Hall–Kier alpha value is -1.82. The fourth-order valence-corrected chi connectivity index (χ4v) is 3.68. The van der Waals surface area contributed by atoms with E-state index in [9.17, 15) is 0 Å². The molecule has 24 heavy (non-hydrogen) atoms. The number of likely N-dealkylation sites (N-methyl/N-ethyl adjacent to an activating group) is 1. The van der Waals surface area contributed by atoms with Crippen LogP contribution in [0.15, 0.2) is 53.7 Å². The Kier molecular flexibility index (Phi) is 4.31. The number of para-hydroxylation sites is 3. The second-order valence-corrected chi connectivity index (χ2v) is 6.84. The third-order valence-corrected chi connectivity index (χ3v) is 5.07. The summed E-state index contributed by atoms with van der Waals surface area (Å²) >= 11 is 4.62. The van der Waals surface area contributed by atoms with Gasteiger partial charge >= 0.3 is 0 Å². The number of aromatic nitrogens is 2. The number of piperazine rings is 1. The number of hydrogen-bond donors (Lipinski definition) is 1. The molecule has 1 aliphatic rings. The van der Waals surface area contributed by atoms with Crippen molar-refractivity contribution in [3.8, 4) is 5.69 Å². The Balaban J connectivity index is 1.72. The molecule has 0 spiro atoms. The van der Waals surface area contributed by atoms with Crippen molar-refractivity contribution in [3.63, 3.8) is 0 Å². The van der Waals surface area contributed by atoms with E-state index in [2.05, 4.69) is 75.4 Å². The molecule has 4 nitrogen and oxygen atoms in total. The first-order chi connectivity index (χ1) is 11.7. The van der Waals surface area contributed by atoms with Crippen molar-refractivity contribution in [1.82, 2.24) is 19.4 Å². The van der Waals surface area contributed by atoms with Gasteiger partial charge in [0, 0.05) is 32.7 Å². The standard InChI is InChI=1S/C19H22N4S/c1-21-10-12-22(13-11-21)14-15-6-2-4-8-17(15)23-18-9-5-3-7-16(18)20-19(23)24/h2-9H,10-14H2,1H3,(H,20,24). The molecule has 2 heterocycles. The first kappa shape index (κ1) is 15.7. The van der Waals surface area contributed by atoms with Crippen molar-refractivity contribution in [2.75, 3.05) is 33.2 Å². The zero-order chi connectivity index (χ0) is 16.5. The van der Waals surface area contributed by atoms with Crippen LogP contribution < -0.4 is 0 Å². The Morgan fingerprint density at radius 1 is 0.958 bits per heavy atom. The van der Waals surface area contributed by atoms with E-state index in [0.717, 1.165) is 48.9 Å². The van der Waals surface area contributed by atoms with E-state index in [-0.39, 0.29) is 0 Å². The molecule has 1 fully saturated rings. The Morgan fingerprint density at radius 3 is 2.50 bits per heavy atom. The van der Waals surface area contributed by atoms with Crippen molar-refractivity contribution in [2.45, 2.75) is 11.7 Å². The molecule has 2 aromatic carbocycles. The molecular weight excluding hydrogens is 316 g/mol. The van der Waals surface area contributed by atoms with Crippen LogP contribution in [-0.4, -0.2) is 52.6 Å². The zero-order valence-corrected chi connectivity index (χ0v) is 14.8. The highest BCUT2D eigenvalue weighted by Gasteiger charge is 2.17. The molecule has 1 aromatic heterocycles. The second-order valence-electron chi connectivity index (χ2n) is 6.44. The van der Waals surface area contributed by atoms with E-state index in [0.29, 0.717) is 0 Å². The van der Waals surface area contributed by atoms with E-state index in [4.69, 9.17) is 0 Å². The van der Waals surface area contributed by atoms with Gasteiger partial charge in [0.05, 0.1) is 16.7 Å². The van der Waals surface area contributed by atoms with Crippen LogP contribution >= 0.6 is 12.6 Å². The van der Waals surface area contributed by atoms with Gasteiger partial charge in [-0.2, -0.15) is 0 Å². The van der Waals surface area contributed by atoms with Crippen molar-refractivity contribution in [3.05, 3.63) is 54.1 Å². The first-order valence-corrected chi connectivity index (χ1v) is 8.83. The van der Waals surface area contributed by atoms with Gasteiger partial charge in [0.25, 0.3) is 0 Å². The molecule has 0 saturated carbocycles. The third kappa shape index (κ3) is 2.95. The molecule has 0 radical (unpaired) electrons. The second kappa shape index (κ2) is 6.59. The SMILES string of the molecule is CN1CCN(Cc2ccccc2-n2c(S)nc3ccccc32)CC1. The van der Waals surface area contributed by atoms with Gasteiger partial charge in [-0.1, -0.05) is 30.3 Å². The van der Waals surface area contributed by atoms with E-state index in [1.165, 1.54) is 11.3 Å². The van der Waals surface area contributed by atoms with Crippen molar-refractivity contribution >= 4 is 23.7 Å². The first-order valence-electron chi connectivity index (χ1n) is 8.38. The fraction of sp³-hybridized carbons (Fsp3) is 0.316. The molecule has 124 valence electrons. The van der Waals surface area contributed by atoms with Gasteiger partial charge in [-0.05, 0) is 30.8 Å². The predicted molar refractivity (Wildman–Crippen MR) is 101 cm³/mol. The van der Waals surface area contributed by atoms with Crippen LogP contribution in [0.1, 0.15) is 5.56 Å². The van der Waals surface area contributed by atoms with E-state index in [1.807, 2.05) is 12.1 Å². The van der Waals surface area contributed by atoms with E-state index < -0.39 is 0 Å². The normalized spacial score (nSPS) is 16.8. The summed E-state index contributed by atoms with van der Waals surface area (Å²) in [6.07, 6.45) is 0. The summed E-state index contributed by atoms with van der Waals surface area (Å²) in [4.78, 5) is 9.50. The Bertz CT molecular complexity index is 849. The molecular formula is C19H22N4S. The monoisotopic (exact) mass is 338 g/mol. The maximum Gasteiger partial charge on any atom is 0.170 e. The lowest BCUT2D eigenvalue weighted by Crippen LogP contribution is -2.44. The zero-order valence-electron chi connectivity index (χ0n) is 13.9. The van der Waals surface area contributed by atoms with E-state index >= 15 is 0 Å². The summed E-state index contributed by atoms with van der Waals surface area (Å²) in [5.41, 5.74) is 4.58. The van der Waals surface area contributed by atoms with Crippen molar-refractivity contribution < 1.29 is 0 Å². The molecule has 0 N–H and O–H groups in total. The highest BCUT2D eigenvalue weighted by Crippen LogP contribution is 2.26. The molecule has 4 rings (SSSR count). The molecule has 0 aliphatic carbocycles. The van der Waals surface area contributed by atoms with E-state index in [1.54, 1.807) is 0 Å². The third-order valence-electron chi connectivity index (χ3n) is 4.77. The highest BCUT2D eigenvalue weighted by molar-refractivity contribution is 7.80. The largest absolute Gasteiger partial charge is 0.304 e. The van der Waals surface area contributed by atoms with Gasteiger partial charge in [0.1, 0.15) is 0 Å². The lowest BCUT2D eigenvalue weighted by molar-refractivity contribution is 0.148. The van der Waals surface area contributed by atoms with Crippen molar-refractivity contribution in [1.29, 1.82) is 0 Å². The average Bonchev–Trinajstić information content (AvgIpc) is 2.93. The number of hydrogen-bond acceptors (Lipinski definition) is 4. The lowest BCUT2D eigenvalue weighted by Gasteiger charge is -2.32. The quantitative estimate of drug-likeness (QED) is 0.743. The fourth-order valence-electron chi connectivity index (χ4n) is 3.36. The Morgan fingerprint density at radius 2 is 1.67 bits per heavy atom. The summed E-state index contributed by atoms with van der Waals surface area (Å²) in [5, 5.41) is 0.738. The van der Waals surface area contributed by atoms with Crippen LogP contribution in [0.3, 0.4) is 0 Å². The highest BCUT2D eigenvalue weighted by atomic mass is 32.1. The van der Waals surface area contributed by atoms with Gasteiger partial charge in [0.2, 0.25) is 0 Å². The van der Waals surface area contributed by atoms with Gasteiger partial charge in [-0.15, -0.1) is 12.6 Å². The molecule has 0 atom stereocenters. The number of benzene rings is 2. The Labute approximate surface area is 148 Å². The van der Waals surface area contributed by atoms with Crippen LogP contribution in [0.25, 0.3) is 16.7 Å². The number of rotatable bonds is 3. The van der Waals surface area contributed by atoms with Crippen LogP contribution in [0.5, 0.6) is 0 Å². The molecule has 3 aromatic rings. The number of imidazole rings is 1. The maximum atomic E-state index is 4.62. The van der Waals surface area contributed by atoms with Crippen LogP contribution in [0.4, 0.5) is 0 Å². The topological polar surface area (TPSA) is 24.3 Å². The summed E-state index contributed by atoms with van der Waals surface area (Å²) in [6, 6.07) is 16.8. The smallest absolute Gasteiger partial charge is 0.170 e. The number of fused-ring (bicyclic) bond motifs is 1. The summed E-state index contributed by atoms with van der Waals surface area (Å²) < 4.78 is 2.16. The van der Waals surface area contributed by atoms with Gasteiger partial charge < -0.3 is 4.90 Å². The molecule has 0 bridgehead atoms. The van der Waals surface area contributed by atoms with Gasteiger partial charge in [-0.3, -0.25) is 9.47 Å². The molecule has 0 amide bonds. The summed E-state index contributed by atoms with van der Waals surface area (Å²) in [7, 11) is 2.19. The van der Waals surface area contributed by atoms with Crippen LogP contribution in [-0.2, 0) is 6.54 Å². The minimum atomic E-state index is 0.738. The van der Waals surface area contributed by atoms with Crippen molar-refractivity contribution in [2.24, 2.45) is 0 Å². The molecule has 1 saturated heterocycles. The number of nitrogens with zero attached hydrogens (tertiary/aromatic N) is 4. The summed E-state index contributed by atoms with van der Waals surface area (Å²) in [5.74, 6) is 0. The number of thiol groups is 1. The molecule has 1 aliphatic heterocycles. The average molecular weight is 338 g/mol. The van der Waals surface area contributed by atoms with Gasteiger partial charge in [-0.25, -0.2) is 4.98 Å². The lowest BCUT2D eigenvalue weighted by atomic mass is 10.1. The van der Waals surface area contributed by atoms with Crippen LogP contribution in [0.2, 0.25) is 0 Å². The summed E-state index contributed by atoms with van der Waals surface area (Å²) in [6.45, 7) is 5.46. The molecule has 5 heteroatoms. The minimum Gasteiger partial charge on any atom is -0.304 e. The predicted octanol–water partition coefficient (Wildman–Crippen LogP) is 3.06. The van der Waals surface area contributed by atoms with Gasteiger partial charge in [0.15, 0.2) is 5.16 Å². The maximum absolute atomic E-state index is 4.62. The molecule has 0 unspecified atom stereocenters. The van der Waals surface area contributed by atoms with Crippen LogP contribution in [0, 0.1) is 0 Å².